The second kappa shape index (κ2) is 5.47. The minimum atomic E-state index is -3.47. The Kier molecular flexibility index (Phi) is 4.07. The second-order valence-electron chi connectivity index (χ2n) is 5.27. The molecule has 20 heavy (non-hydrogen) atoms. The van der Waals surface area contributed by atoms with Gasteiger partial charge in [-0.15, -0.1) is 0 Å². The first-order valence-corrected chi connectivity index (χ1v) is 7.91. The molecule has 1 aliphatic heterocycles. The van der Waals surface area contributed by atoms with Crippen LogP contribution in [0.25, 0.3) is 0 Å². The molecular weight excluding hydrogens is 282 g/mol. The van der Waals surface area contributed by atoms with Crippen LogP contribution < -0.4 is 10.0 Å². The lowest BCUT2D eigenvalue weighted by Crippen LogP contribution is -2.47. The van der Waals surface area contributed by atoms with E-state index in [-0.39, 0.29) is 11.4 Å². The molecule has 1 saturated heterocycles. The maximum Gasteiger partial charge on any atom is 0.269 e. The molecule has 1 aliphatic rings. The van der Waals surface area contributed by atoms with Gasteiger partial charge >= 0.3 is 0 Å². The van der Waals surface area contributed by atoms with Gasteiger partial charge in [-0.2, -0.15) is 0 Å². The first-order valence-electron chi connectivity index (χ1n) is 6.25. The van der Waals surface area contributed by atoms with Crippen LogP contribution in [0, 0.1) is 10.1 Å². The van der Waals surface area contributed by atoms with Gasteiger partial charge in [0, 0.05) is 24.2 Å². The summed E-state index contributed by atoms with van der Waals surface area (Å²) in [6.07, 6.45) is 0.743. The summed E-state index contributed by atoms with van der Waals surface area (Å²) in [5.41, 5.74) is 0.0169. The molecule has 0 saturated carbocycles. The number of nitro groups is 1. The maximum atomic E-state index is 12.1. The fourth-order valence-electron chi connectivity index (χ4n) is 2.25. The standard InChI is InChI=1S/C12H17N3O4S/c1-12(6-7-13-9-12)14-20(18,19)8-10-2-4-11(5-3-10)15(16)17/h2-5,13-14H,6-9H2,1H3. The molecule has 0 amide bonds. The number of rotatable bonds is 5. The number of nitrogens with zero attached hydrogens (tertiary/aromatic N) is 1. The highest BCUT2D eigenvalue weighted by Crippen LogP contribution is 2.18. The lowest BCUT2D eigenvalue weighted by atomic mass is 10.0. The summed E-state index contributed by atoms with van der Waals surface area (Å²) in [4.78, 5) is 10.0. The van der Waals surface area contributed by atoms with E-state index in [1.807, 2.05) is 6.92 Å². The highest BCUT2D eigenvalue weighted by atomic mass is 32.2. The number of nitrogens with one attached hydrogen (secondary N) is 2. The Morgan fingerprint density at radius 3 is 2.55 bits per heavy atom. The lowest BCUT2D eigenvalue weighted by Gasteiger charge is -2.24. The van der Waals surface area contributed by atoms with E-state index in [0.717, 1.165) is 13.0 Å². The van der Waals surface area contributed by atoms with Crippen LogP contribution in [-0.2, 0) is 15.8 Å². The Morgan fingerprint density at radius 1 is 1.40 bits per heavy atom. The molecule has 1 heterocycles. The van der Waals surface area contributed by atoms with Gasteiger partial charge in [-0.1, -0.05) is 12.1 Å². The summed E-state index contributed by atoms with van der Waals surface area (Å²) in [6, 6.07) is 5.55. The number of hydrogen-bond acceptors (Lipinski definition) is 5. The van der Waals surface area contributed by atoms with Gasteiger partial charge in [0.15, 0.2) is 0 Å². The highest BCUT2D eigenvalue weighted by Gasteiger charge is 2.32. The molecule has 0 radical (unpaired) electrons. The molecule has 7 nitrogen and oxygen atoms in total. The topological polar surface area (TPSA) is 101 Å². The zero-order chi connectivity index (χ0) is 14.8. The Hall–Kier alpha value is -1.51. The molecule has 0 aromatic heterocycles. The summed E-state index contributed by atoms with van der Waals surface area (Å²) in [5, 5.41) is 13.7. The maximum absolute atomic E-state index is 12.1. The molecule has 110 valence electrons. The van der Waals surface area contributed by atoms with Crippen molar-refractivity contribution in [2.24, 2.45) is 0 Å². The molecule has 1 aromatic rings. The minimum absolute atomic E-state index is 0.0499. The number of hydrogen-bond donors (Lipinski definition) is 2. The zero-order valence-electron chi connectivity index (χ0n) is 11.1. The molecule has 0 aliphatic carbocycles. The van der Waals surface area contributed by atoms with Gasteiger partial charge in [-0.05, 0) is 25.5 Å². The molecule has 1 unspecified atom stereocenters. The molecule has 1 atom stereocenters. The first-order chi connectivity index (χ1) is 9.30. The molecule has 8 heteroatoms. The van der Waals surface area contributed by atoms with E-state index in [1.54, 1.807) is 0 Å². The Labute approximate surface area is 117 Å². The van der Waals surface area contributed by atoms with Crippen molar-refractivity contribution in [3.8, 4) is 0 Å². The molecule has 0 bridgehead atoms. The summed E-state index contributed by atoms with van der Waals surface area (Å²) in [7, 11) is -3.47. The van der Waals surface area contributed by atoms with E-state index in [4.69, 9.17) is 0 Å². The van der Waals surface area contributed by atoms with Crippen molar-refractivity contribution in [1.82, 2.24) is 10.0 Å². The van der Waals surface area contributed by atoms with Crippen molar-refractivity contribution < 1.29 is 13.3 Å². The monoisotopic (exact) mass is 299 g/mol. The normalized spacial score (nSPS) is 22.9. The summed E-state index contributed by atoms with van der Waals surface area (Å²) in [5.74, 6) is -0.180. The zero-order valence-corrected chi connectivity index (χ0v) is 11.9. The average Bonchev–Trinajstić information content (AvgIpc) is 2.74. The van der Waals surface area contributed by atoms with E-state index in [0.29, 0.717) is 12.1 Å². The van der Waals surface area contributed by atoms with Gasteiger partial charge in [0.05, 0.1) is 10.7 Å². The SMILES string of the molecule is CC1(NS(=O)(=O)Cc2ccc([N+](=O)[O-])cc2)CCNC1. The molecule has 0 spiro atoms. The summed E-state index contributed by atoms with van der Waals surface area (Å²) in [6.45, 7) is 3.25. The number of non-ortho nitro benzene ring substituents is 1. The van der Waals surface area contributed by atoms with Crippen LogP contribution in [0.2, 0.25) is 0 Å². The van der Waals surface area contributed by atoms with Gasteiger partial charge in [0.2, 0.25) is 10.0 Å². The van der Waals surface area contributed by atoms with E-state index < -0.39 is 20.5 Å². The fraction of sp³-hybridized carbons (Fsp3) is 0.500. The van der Waals surface area contributed by atoms with Crippen LogP contribution in [0.4, 0.5) is 5.69 Å². The summed E-state index contributed by atoms with van der Waals surface area (Å²) >= 11 is 0. The average molecular weight is 299 g/mol. The van der Waals surface area contributed by atoms with Crippen molar-refractivity contribution in [2.75, 3.05) is 13.1 Å². The van der Waals surface area contributed by atoms with Gasteiger partial charge in [-0.3, -0.25) is 10.1 Å². The van der Waals surface area contributed by atoms with Crippen LogP contribution in [-0.4, -0.2) is 32.0 Å². The molecule has 2 rings (SSSR count). The van der Waals surface area contributed by atoms with Crippen molar-refractivity contribution in [1.29, 1.82) is 0 Å². The van der Waals surface area contributed by atoms with Crippen LogP contribution >= 0.6 is 0 Å². The van der Waals surface area contributed by atoms with E-state index >= 15 is 0 Å². The Bertz CT molecular complexity index is 592. The van der Waals surface area contributed by atoms with Crippen molar-refractivity contribution in [2.45, 2.75) is 24.6 Å². The number of benzene rings is 1. The van der Waals surface area contributed by atoms with E-state index in [1.165, 1.54) is 24.3 Å². The quantitative estimate of drug-likeness (QED) is 0.617. The van der Waals surface area contributed by atoms with Crippen molar-refractivity contribution >= 4 is 15.7 Å². The smallest absolute Gasteiger partial charge is 0.269 e. The predicted molar refractivity (Wildman–Crippen MR) is 74.7 cm³/mol. The van der Waals surface area contributed by atoms with Crippen LogP contribution in [0.3, 0.4) is 0 Å². The van der Waals surface area contributed by atoms with E-state index in [2.05, 4.69) is 10.0 Å². The van der Waals surface area contributed by atoms with Gasteiger partial charge in [-0.25, -0.2) is 13.1 Å². The third-order valence-corrected chi connectivity index (χ3v) is 4.79. The van der Waals surface area contributed by atoms with Gasteiger partial charge in [0.25, 0.3) is 5.69 Å². The van der Waals surface area contributed by atoms with Crippen molar-refractivity contribution in [3.05, 3.63) is 39.9 Å². The first kappa shape index (κ1) is 14.9. The second-order valence-corrected chi connectivity index (χ2v) is 6.99. The van der Waals surface area contributed by atoms with Crippen LogP contribution in [0.1, 0.15) is 18.9 Å². The Morgan fingerprint density at radius 2 is 2.05 bits per heavy atom. The number of nitro benzene ring substituents is 1. The van der Waals surface area contributed by atoms with Gasteiger partial charge in [0.1, 0.15) is 0 Å². The molecule has 1 fully saturated rings. The summed E-state index contributed by atoms with van der Waals surface area (Å²) < 4.78 is 26.9. The number of sulfonamides is 1. The van der Waals surface area contributed by atoms with Crippen molar-refractivity contribution in [3.63, 3.8) is 0 Å². The Balaban J connectivity index is 2.06. The third-order valence-electron chi connectivity index (χ3n) is 3.27. The van der Waals surface area contributed by atoms with E-state index in [9.17, 15) is 18.5 Å². The predicted octanol–water partition coefficient (Wildman–Crippen LogP) is 0.766. The lowest BCUT2D eigenvalue weighted by molar-refractivity contribution is -0.384. The fourth-order valence-corrected chi connectivity index (χ4v) is 3.88. The van der Waals surface area contributed by atoms with Crippen LogP contribution in [0.5, 0.6) is 0 Å². The molecule has 1 aromatic carbocycles. The molecular formula is C12H17N3O4S. The largest absolute Gasteiger partial charge is 0.315 e. The van der Waals surface area contributed by atoms with Crippen LogP contribution in [0.15, 0.2) is 24.3 Å². The highest BCUT2D eigenvalue weighted by molar-refractivity contribution is 7.88. The van der Waals surface area contributed by atoms with Gasteiger partial charge < -0.3 is 5.32 Å². The third kappa shape index (κ3) is 3.75. The minimum Gasteiger partial charge on any atom is -0.315 e. The molecule has 2 N–H and O–H groups in total.